The lowest BCUT2D eigenvalue weighted by molar-refractivity contribution is 0.358. The Labute approximate surface area is 138 Å². The fourth-order valence-corrected chi connectivity index (χ4v) is 3.64. The molecule has 0 aromatic carbocycles. The molecule has 1 atom stereocenters. The predicted molar refractivity (Wildman–Crippen MR) is 91.1 cm³/mol. The summed E-state index contributed by atoms with van der Waals surface area (Å²) in [4.78, 5) is 0. The van der Waals surface area contributed by atoms with Crippen molar-refractivity contribution in [3.05, 3.63) is 41.0 Å². The Balaban J connectivity index is 1.80. The number of hydrogen-bond acceptors (Lipinski definition) is 3. The van der Waals surface area contributed by atoms with E-state index in [-0.39, 0.29) is 11.5 Å². The van der Waals surface area contributed by atoms with Gasteiger partial charge < -0.3 is 0 Å². The summed E-state index contributed by atoms with van der Waals surface area (Å²) in [7, 11) is 1.93. The molecule has 0 spiro atoms. The fraction of sp³-hybridized carbons (Fsp3) is 0.611. The molecule has 3 rings (SSSR count). The summed E-state index contributed by atoms with van der Waals surface area (Å²) in [5.41, 5.74) is 5.57. The highest BCUT2D eigenvalue weighted by Gasteiger charge is 2.29. The summed E-state index contributed by atoms with van der Waals surface area (Å²) in [5, 5.41) is 13.0. The molecule has 0 bridgehead atoms. The van der Waals surface area contributed by atoms with Crippen LogP contribution in [0.2, 0.25) is 0 Å². The van der Waals surface area contributed by atoms with Crippen LogP contribution in [0, 0.1) is 5.41 Å². The summed E-state index contributed by atoms with van der Waals surface area (Å²) < 4.78 is 3.76. The third-order valence-corrected chi connectivity index (χ3v) is 5.21. The lowest BCUT2D eigenvalue weighted by Crippen LogP contribution is -2.22. The van der Waals surface area contributed by atoms with Crippen molar-refractivity contribution in [3.63, 3.8) is 0 Å². The maximum atomic E-state index is 4.42. The molecule has 0 aliphatic heterocycles. The Bertz CT molecular complexity index is 719. The second-order valence-electron chi connectivity index (χ2n) is 7.49. The molecule has 5 nitrogen and oxygen atoms in total. The Kier molecular flexibility index (Phi) is 4.13. The van der Waals surface area contributed by atoms with Crippen molar-refractivity contribution in [1.29, 1.82) is 0 Å². The number of hydrogen-bond donors (Lipinski definition) is 0. The number of nitrogens with zero attached hydrogens (tertiary/aromatic N) is 5. The van der Waals surface area contributed by atoms with E-state index in [9.17, 15) is 0 Å². The summed E-state index contributed by atoms with van der Waals surface area (Å²) in [6.07, 6.45) is 10.7. The van der Waals surface area contributed by atoms with E-state index >= 15 is 0 Å². The number of rotatable bonds is 4. The van der Waals surface area contributed by atoms with Gasteiger partial charge in [0, 0.05) is 31.4 Å². The maximum absolute atomic E-state index is 4.42. The fourth-order valence-electron chi connectivity index (χ4n) is 3.64. The van der Waals surface area contributed by atoms with Crippen LogP contribution in [0.3, 0.4) is 0 Å². The van der Waals surface area contributed by atoms with E-state index in [0.29, 0.717) is 0 Å². The van der Waals surface area contributed by atoms with Gasteiger partial charge in [-0.05, 0) is 38.5 Å². The molecule has 0 fully saturated rings. The van der Waals surface area contributed by atoms with Crippen molar-refractivity contribution < 1.29 is 0 Å². The highest BCUT2D eigenvalue weighted by molar-refractivity contribution is 5.26. The first kappa shape index (κ1) is 16.0. The smallest absolute Gasteiger partial charge is 0.0868 e. The van der Waals surface area contributed by atoms with Gasteiger partial charge in [0.25, 0.3) is 0 Å². The molecule has 1 aliphatic rings. The summed E-state index contributed by atoms with van der Waals surface area (Å²) in [6.45, 7) is 9.12. The SMILES string of the molecule is CC1=C(Cc2cn([C@H](C)c3cnn(C)c3)nn2)C(C)(C)CCC1. The second kappa shape index (κ2) is 5.95. The normalized spacial score (nSPS) is 19.2. The lowest BCUT2D eigenvalue weighted by atomic mass is 9.71. The van der Waals surface area contributed by atoms with E-state index in [2.05, 4.69) is 49.3 Å². The van der Waals surface area contributed by atoms with Crippen molar-refractivity contribution in [2.45, 2.75) is 59.4 Å². The highest BCUT2D eigenvalue weighted by atomic mass is 15.4. The Morgan fingerprint density at radius 2 is 2.09 bits per heavy atom. The average molecular weight is 313 g/mol. The van der Waals surface area contributed by atoms with Crippen LogP contribution in [-0.4, -0.2) is 24.8 Å². The molecule has 124 valence electrons. The molecule has 0 radical (unpaired) electrons. The summed E-state index contributed by atoms with van der Waals surface area (Å²) in [5.74, 6) is 0. The van der Waals surface area contributed by atoms with Crippen molar-refractivity contribution in [1.82, 2.24) is 24.8 Å². The van der Waals surface area contributed by atoms with Crippen molar-refractivity contribution >= 4 is 0 Å². The van der Waals surface area contributed by atoms with Crippen LogP contribution in [0.5, 0.6) is 0 Å². The first-order chi connectivity index (χ1) is 10.9. The van der Waals surface area contributed by atoms with Gasteiger partial charge in [0.15, 0.2) is 0 Å². The van der Waals surface area contributed by atoms with E-state index < -0.39 is 0 Å². The average Bonchev–Trinajstić information content (AvgIpc) is 3.11. The zero-order valence-electron chi connectivity index (χ0n) is 14.9. The maximum Gasteiger partial charge on any atom is 0.0868 e. The molecule has 0 unspecified atom stereocenters. The molecule has 23 heavy (non-hydrogen) atoms. The van der Waals surface area contributed by atoms with Crippen LogP contribution in [0.4, 0.5) is 0 Å². The van der Waals surface area contributed by atoms with Gasteiger partial charge in [-0.2, -0.15) is 5.10 Å². The van der Waals surface area contributed by atoms with Crippen LogP contribution in [-0.2, 0) is 13.5 Å². The molecule has 0 N–H and O–H groups in total. The molecular weight excluding hydrogens is 286 g/mol. The summed E-state index contributed by atoms with van der Waals surface area (Å²) in [6, 6.07) is 0.152. The zero-order valence-corrected chi connectivity index (χ0v) is 14.9. The zero-order chi connectivity index (χ0) is 16.6. The summed E-state index contributed by atoms with van der Waals surface area (Å²) >= 11 is 0. The third kappa shape index (κ3) is 3.23. The molecule has 1 aliphatic carbocycles. The minimum Gasteiger partial charge on any atom is -0.275 e. The Morgan fingerprint density at radius 3 is 2.74 bits per heavy atom. The molecule has 2 heterocycles. The van der Waals surface area contributed by atoms with Crippen LogP contribution in [0.25, 0.3) is 0 Å². The van der Waals surface area contributed by atoms with Gasteiger partial charge in [-0.15, -0.1) is 5.10 Å². The van der Waals surface area contributed by atoms with E-state index in [1.165, 1.54) is 24.8 Å². The lowest BCUT2D eigenvalue weighted by Gasteiger charge is -2.34. The van der Waals surface area contributed by atoms with Crippen molar-refractivity contribution in [3.8, 4) is 0 Å². The monoisotopic (exact) mass is 313 g/mol. The van der Waals surface area contributed by atoms with Gasteiger partial charge in [-0.25, -0.2) is 4.68 Å². The molecular formula is C18H27N5. The van der Waals surface area contributed by atoms with E-state index in [4.69, 9.17) is 0 Å². The molecule has 0 saturated heterocycles. The first-order valence-electron chi connectivity index (χ1n) is 8.45. The van der Waals surface area contributed by atoms with E-state index in [0.717, 1.165) is 17.7 Å². The van der Waals surface area contributed by atoms with Crippen LogP contribution in [0.15, 0.2) is 29.7 Å². The largest absolute Gasteiger partial charge is 0.275 e. The minimum absolute atomic E-state index is 0.152. The van der Waals surface area contributed by atoms with Crippen molar-refractivity contribution in [2.24, 2.45) is 12.5 Å². The minimum atomic E-state index is 0.152. The highest BCUT2D eigenvalue weighted by Crippen LogP contribution is 2.41. The van der Waals surface area contributed by atoms with Gasteiger partial charge in [0.05, 0.1) is 17.9 Å². The number of aromatic nitrogens is 5. The van der Waals surface area contributed by atoms with Crippen LogP contribution >= 0.6 is 0 Å². The predicted octanol–water partition coefficient (Wildman–Crippen LogP) is 3.69. The third-order valence-electron chi connectivity index (χ3n) is 5.21. The second-order valence-corrected chi connectivity index (χ2v) is 7.49. The van der Waals surface area contributed by atoms with E-state index in [1.807, 2.05) is 28.8 Å². The Hall–Kier alpha value is -1.91. The van der Waals surface area contributed by atoms with E-state index in [1.54, 1.807) is 5.57 Å². The van der Waals surface area contributed by atoms with Gasteiger partial charge in [0.1, 0.15) is 0 Å². The molecule has 2 aromatic heterocycles. The number of allylic oxidation sites excluding steroid dienone is 2. The topological polar surface area (TPSA) is 48.5 Å². The molecule has 0 saturated carbocycles. The molecule has 5 heteroatoms. The van der Waals surface area contributed by atoms with Gasteiger partial charge in [-0.1, -0.05) is 30.2 Å². The quantitative estimate of drug-likeness (QED) is 0.809. The van der Waals surface area contributed by atoms with Gasteiger partial charge >= 0.3 is 0 Å². The Morgan fingerprint density at radius 1 is 1.30 bits per heavy atom. The molecule has 2 aromatic rings. The van der Waals surface area contributed by atoms with Gasteiger partial charge in [0.2, 0.25) is 0 Å². The van der Waals surface area contributed by atoms with Crippen LogP contribution < -0.4 is 0 Å². The molecule has 0 amide bonds. The number of aryl methyl sites for hydroxylation is 1. The van der Waals surface area contributed by atoms with Gasteiger partial charge in [-0.3, -0.25) is 4.68 Å². The standard InChI is InChI=1S/C18H27N5/c1-13-7-6-8-18(3,4)17(13)9-16-12-23(21-20-16)14(2)15-10-19-22(5)11-15/h10-12,14H,6-9H2,1-5H3/t14-/m1/s1. The first-order valence-corrected chi connectivity index (χ1v) is 8.45. The van der Waals surface area contributed by atoms with Crippen molar-refractivity contribution in [2.75, 3.05) is 0 Å². The van der Waals surface area contributed by atoms with Crippen LogP contribution in [0.1, 0.15) is 64.3 Å².